The Hall–Kier alpha value is -4.15. The first-order valence-electron chi connectivity index (χ1n) is 17.4. The molecule has 0 unspecified atom stereocenters. The summed E-state index contributed by atoms with van der Waals surface area (Å²) in [6, 6.07) is 5.55. The van der Waals surface area contributed by atoms with Gasteiger partial charge in [-0.05, 0) is 48.5 Å². The molecule has 0 aromatic heterocycles. The predicted molar refractivity (Wildman–Crippen MR) is 206 cm³/mol. The average Bonchev–Trinajstić information content (AvgIpc) is 3.06. The van der Waals surface area contributed by atoms with Gasteiger partial charge in [0.1, 0.15) is 30.6 Å². The lowest BCUT2D eigenvalue weighted by Gasteiger charge is -2.42. The van der Waals surface area contributed by atoms with Gasteiger partial charge in [0, 0.05) is 38.3 Å². The van der Waals surface area contributed by atoms with Crippen LogP contribution in [-0.4, -0.2) is 58.8 Å². The van der Waals surface area contributed by atoms with Crippen molar-refractivity contribution >= 4 is 26.3 Å². The van der Waals surface area contributed by atoms with Crippen molar-refractivity contribution in [2.75, 3.05) is 26.4 Å². The van der Waals surface area contributed by atoms with Gasteiger partial charge in [0.25, 0.3) is 0 Å². The number of carbonyl (C=O) groups excluding carboxylic acids is 3. The van der Waals surface area contributed by atoms with Crippen LogP contribution >= 0.6 is 0 Å². The Balaban J connectivity index is 3.13. The molecule has 276 valence electrons. The van der Waals surface area contributed by atoms with Crippen molar-refractivity contribution in [3.8, 4) is 5.75 Å². The number of benzene rings is 1. The number of carbonyl (C=O) groups is 3. The van der Waals surface area contributed by atoms with E-state index in [9.17, 15) is 14.4 Å². The van der Waals surface area contributed by atoms with Crippen LogP contribution in [0.1, 0.15) is 84.2 Å². The van der Waals surface area contributed by atoms with E-state index < -0.39 is 26.5 Å². The standard InChI is InChI=1S/C40H60N2O7Si/c1-11-27-46-36-20-16-18-34(23-22-30(3)4)38(36)39(44)49-35(24-29-48-50(31(5)6,32(7)8)33(9)10)19-17-26-41-37(43)21-14-13-15-25-42-40(45)47-28-12-2/h11-18,20-22,26,31-33,35H,1-2,19,23-25,27-29H2,3-10H3,(H,41,43)(H,42,45)/b15-13+,21-14+,26-17+/t35-/m0/s1. The zero-order valence-corrected chi connectivity index (χ0v) is 32.5. The molecule has 0 radical (unpaired) electrons. The van der Waals surface area contributed by atoms with E-state index in [1.54, 1.807) is 42.6 Å². The molecule has 0 saturated heterocycles. The van der Waals surface area contributed by atoms with Gasteiger partial charge >= 0.3 is 12.1 Å². The highest BCUT2D eigenvalue weighted by molar-refractivity contribution is 6.77. The Morgan fingerprint density at radius 1 is 0.920 bits per heavy atom. The third-order valence-electron chi connectivity index (χ3n) is 8.11. The lowest BCUT2D eigenvalue weighted by molar-refractivity contribution is -0.115. The largest absolute Gasteiger partial charge is 0.489 e. The van der Waals surface area contributed by atoms with Gasteiger partial charge in [-0.25, -0.2) is 9.59 Å². The highest BCUT2D eigenvalue weighted by Gasteiger charge is 2.45. The number of nitrogens with one attached hydrogen (secondary N) is 2. The van der Waals surface area contributed by atoms with Crippen LogP contribution in [0.15, 0.2) is 91.7 Å². The second-order valence-corrected chi connectivity index (χ2v) is 18.5. The number of hydrogen-bond donors (Lipinski definition) is 2. The molecular formula is C40H60N2O7Si. The van der Waals surface area contributed by atoms with Gasteiger partial charge in [-0.1, -0.05) is 115 Å². The van der Waals surface area contributed by atoms with Gasteiger partial charge in [-0.2, -0.15) is 0 Å². The van der Waals surface area contributed by atoms with E-state index in [1.807, 2.05) is 26.0 Å². The highest BCUT2D eigenvalue weighted by atomic mass is 28.4. The SMILES string of the molecule is C=CCOC(=O)NC/C=C/C=C/C(=O)N/C=C/C[C@@H](CCO[Si](C(C)C)(C(C)C)C(C)C)OC(=O)c1c(CC=C(C)C)cccc1OCC=C. The maximum absolute atomic E-state index is 13.9. The van der Waals surface area contributed by atoms with Crippen LogP contribution in [0, 0.1) is 0 Å². The normalized spacial score (nSPS) is 12.5. The maximum Gasteiger partial charge on any atom is 0.407 e. The van der Waals surface area contributed by atoms with Crippen molar-refractivity contribution in [2.45, 2.75) is 97.4 Å². The van der Waals surface area contributed by atoms with Crippen LogP contribution in [0.4, 0.5) is 4.79 Å². The van der Waals surface area contributed by atoms with Crippen LogP contribution in [0.5, 0.6) is 5.75 Å². The molecule has 0 heterocycles. The molecule has 0 fully saturated rings. The summed E-state index contributed by atoms with van der Waals surface area (Å²) in [5, 5.41) is 5.26. The Kier molecular flexibility index (Phi) is 21.1. The summed E-state index contributed by atoms with van der Waals surface area (Å²) in [6.07, 6.45) is 15.1. The first-order valence-corrected chi connectivity index (χ1v) is 19.6. The van der Waals surface area contributed by atoms with E-state index in [0.717, 1.165) is 11.1 Å². The first kappa shape index (κ1) is 43.9. The summed E-state index contributed by atoms with van der Waals surface area (Å²) in [5.41, 5.74) is 3.61. The fourth-order valence-electron chi connectivity index (χ4n) is 5.89. The molecule has 0 saturated carbocycles. The predicted octanol–water partition coefficient (Wildman–Crippen LogP) is 8.91. The minimum absolute atomic E-state index is 0.132. The van der Waals surface area contributed by atoms with Gasteiger partial charge < -0.3 is 29.3 Å². The molecule has 10 heteroatoms. The van der Waals surface area contributed by atoms with Crippen molar-refractivity contribution in [3.05, 3.63) is 103 Å². The fraction of sp³-hybridized carbons (Fsp3) is 0.475. The monoisotopic (exact) mass is 708 g/mol. The van der Waals surface area contributed by atoms with Crippen molar-refractivity contribution in [3.63, 3.8) is 0 Å². The second kappa shape index (κ2) is 24.1. The second-order valence-electron chi connectivity index (χ2n) is 13.1. The topological polar surface area (TPSA) is 112 Å². The summed E-state index contributed by atoms with van der Waals surface area (Å²) < 4.78 is 23.7. The van der Waals surface area contributed by atoms with Crippen molar-refractivity contribution < 1.29 is 33.0 Å². The number of alkyl carbamates (subject to hydrolysis) is 1. The van der Waals surface area contributed by atoms with Gasteiger partial charge in [-0.3, -0.25) is 4.79 Å². The van der Waals surface area contributed by atoms with Crippen molar-refractivity contribution in [2.24, 2.45) is 0 Å². The van der Waals surface area contributed by atoms with Gasteiger partial charge in [0.05, 0.1) is 0 Å². The van der Waals surface area contributed by atoms with Crippen LogP contribution in [0.25, 0.3) is 0 Å². The molecular weight excluding hydrogens is 649 g/mol. The first-order chi connectivity index (χ1) is 23.8. The molecule has 1 aromatic carbocycles. The van der Waals surface area contributed by atoms with E-state index in [1.165, 1.54) is 12.2 Å². The van der Waals surface area contributed by atoms with E-state index in [2.05, 4.69) is 71.4 Å². The molecule has 0 aliphatic rings. The summed E-state index contributed by atoms with van der Waals surface area (Å²) in [4.78, 5) is 37.6. The third-order valence-corrected chi connectivity index (χ3v) is 14.2. The van der Waals surface area contributed by atoms with Gasteiger partial charge in [-0.15, -0.1) is 0 Å². The molecule has 1 aromatic rings. The van der Waals surface area contributed by atoms with Crippen LogP contribution in [0.3, 0.4) is 0 Å². The van der Waals surface area contributed by atoms with Crippen LogP contribution in [-0.2, 0) is 25.1 Å². The molecule has 9 nitrogen and oxygen atoms in total. The molecule has 0 aliphatic carbocycles. The Morgan fingerprint density at radius 3 is 2.22 bits per heavy atom. The number of ether oxygens (including phenoxy) is 3. The zero-order chi connectivity index (χ0) is 37.5. The van der Waals surface area contributed by atoms with Crippen LogP contribution in [0.2, 0.25) is 16.6 Å². The molecule has 2 amide bonds. The van der Waals surface area contributed by atoms with E-state index in [-0.39, 0.29) is 25.7 Å². The zero-order valence-electron chi connectivity index (χ0n) is 31.5. The fourth-order valence-corrected chi connectivity index (χ4v) is 11.4. The van der Waals surface area contributed by atoms with E-state index in [0.29, 0.717) is 53.8 Å². The highest BCUT2D eigenvalue weighted by Crippen LogP contribution is 2.42. The molecule has 0 aliphatic heterocycles. The summed E-state index contributed by atoms with van der Waals surface area (Å²) in [6.45, 7) is 25.8. The lowest BCUT2D eigenvalue weighted by atomic mass is 10.0. The molecule has 1 atom stereocenters. The molecule has 0 bridgehead atoms. The molecule has 2 N–H and O–H groups in total. The molecule has 0 spiro atoms. The quantitative estimate of drug-likeness (QED) is 0.0384. The smallest absolute Gasteiger partial charge is 0.407 e. The Labute approximate surface area is 301 Å². The Morgan fingerprint density at radius 2 is 1.60 bits per heavy atom. The number of rotatable bonds is 23. The molecule has 1 rings (SSSR count). The number of amides is 2. The van der Waals surface area contributed by atoms with Gasteiger partial charge in [0.2, 0.25) is 5.91 Å². The van der Waals surface area contributed by atoms with E-state index >= 15 is 0 Å². The maximum atomic E-state index is 13.9. The minimum Gasteiger partial charge on any atom is -0.489 e. The van der Waals surface area contributed by atoms with E-state index in [4.69, 9.17) is 18.6 Å². The van der Waals surface area contributed by atoms with Gasteiger partial charge in [0.15, 0.2) is 8.32 Å². The van der Waals surface area contributed by atoms with Crippen molar-refractivity contribution in [1.29, 1.82) is 0 Å². The summed E-state index contributed by atoms with van der Waals surface area (Å²) >= 11 is 0. The minimum atomic E-state index is -2.13. The number of allylic oxidation sites excluding steroid dienone is 4. The molecule has 50 heavy (non-hydrogen) atoms. The lowest BCUT2D eigenvalue weighted by Crippen LogP contribution is -2.48. The van der Waals surface area contributed by atoms with Crippen LogP contribution < -0.4 is 15.4 Å². The third kappa shape index (κ3) is 15.6. The Bertz CT molecular complexity index is 1340. The summed E-state index contributed by atoms with van der Waals surface area (Å²) in [7, 11) is -2.13. The van der Waals surface area contributed by atoms with Crippen molar-refractivity contribution in [1.82, 2.24) is 10.6 Å². The number of esters is 1. The number of hydrogen-bond acceptors (Lipinski definition) is 7. The average molecular weight is 709 g/mol. The summed E-state index contributed by atoms with van der Waals surface area (Å²) in [5.74, 6) is -0.357.